The minimum absolute atomic E-state index is 0.132. The minimum Gasteiger partial charge on any atom is -0.349 e. The Morgan fingerprint density at radius 2 is 1.87 bits per heavy atom. The second-order valence-corrected chi connectivity index (χ2v) is 7.38. The molecule has 0 bridgehead atoms. The van der Waals surface area contributed by atoms with Gasteiger partial charge >= 0.3 is 0 Å². The molecule has 0 aromatic carbocycles. The molecule has 0 radical (unpaired) electrons. The Labute approximate surface area is 103 Å². The van der Waals surface area contributed by atoms with Gasteiger partial charge in [-0.25, -0.2) is 0 Å². The van der Waals surface area contributed by atoms with Gasteiger partial charge in [0.15, 0.2) is 0 Å². The Balaban J connectivity index is 4.00. The van der Waals surface area contributed by atoms with Crippen molar-refractivity contribution in [2.24, 2.45) is 0 Å². The van der Waals surface area contributed by atoms with Crippen LogP contribution in [0, 0.1) is 0 Å². The predicted octanol–water partition coefficient (Wildman–Crippen LogP) is 2.98. The molecule has 2 unspecified atom stereocenters. The lowest BCUT2D eigenvalue weighted by Gasteiger charge is -2.20. The SMILES string of the molecule is C=CC(=O)NCP(CC(C)Cl)CC(C)Cl. The number of rotatable bonds is 7. The van der Waals surface area contributed by atoms with Crippen molar-refractivity contribution < 1.29 is 4.79 Å². The quantitative estimate of drug-likeness (QED) is 0.430. The molecular weight excluding hydrogens is 252 g/mol. The van der Waals surface area contributed by atoms with Gasteiger partial charge in [0.25, 0.3) is 0 Å². The molecule has 1 amide bonds. The van der Waals surface area contributed by atoms with Gasteiger partial charge in [-0.1, -0.05) is 14.5 Å². The smallest absolute Gasteiger partial charge is 0.243 e. The Bertz CT molecular complexity index is 200. The van der Waals surface area contributed by atoms with E-state index >= 15 is 0 Å². The summed E-state index contributed by atoms with van der Waals surface area (Å²) in [4.78, 5) is 11.0. The van der Waals surface area contributed by atoms with Crippen molar-refractivity contribution in [1.82, 2.24) is 5.32 Å². The first kappa shape index (κ1) is 15.2. The summed E-state index contributed by atoms with van der Waals surface area (Å²) in [7, 11) is -0.321. The van der Waals surface area contributed by atoms with E-state index in [1.807, 2.05) is 13.8 Å². The van der Waals surface area contributed by atoms with E-state index in [-0.39, 0.29) is 24.6 Å². The fraction of sp³-hybridized carbons (Fsp3) is 0.700. The highest BCUT2D eigenvalue weighted by Gasteiger charge is 2.14. The van der Waals surface area contributed by atoms with Crippen molar-refractivity contribution in [1.29, 1.82) is 0 Å². The molecule has 0 aliphatic rings. The lowest BCUT2D eigenvalue weighted by atomic mass is 10.6. The zero-order valence-electron chi connectivity index (χ0n) is 9.17. The molecule has 0 saturated heterocycles. The maximum Gasteiger partial charge on any atom is 0.243 e. The number of hydrogen-bond acceptors (Lipinski definition) is 1. The van der Waals surface area contributed by atoms with E-state index in [0.29, 0.717) is 6.29 Å². The molecule has 1 N–H and O–H groups in total. The molecule has 88 valence electrons. The summed E-state index contributed by atoms with van der Waals surface area (Å²) in [5.74, 6) is -0.132. The van der Waals surface area contributed by atoms with Gasteiger partial charge in [0.1, 0.15) is 0 Å². The van der Waals surface area contributed by atoms with Crippen LogP contribution >= 0.6 is 31.1 Å². The topological polar surface area (TPSA) is 29.1 Å². The molecular formula is C10H18Cl2NOP. The Morgan fingerprint density at radius 3 is 2.20 bits per heavy atom. The average molecular weight is 270 g/mol. The number of hydrogen-bond donors (Lipinski definition) is 1. The van der Waals surface area contributed by atoms with Crippen LogP contribution < -0.4 is 5.32 Å². The van der Waals surface area contributed by atoms with E-state index in [9.17, 15) is 4.79 Å². The number of nitrogens with one attached hydrogen (secondary N) is 1. The number of halogens is 2. The maximum absolute atomic E-state index is 11.0. The van der Waals surface area contributed by atoms with Crippen LogP contribution in [0.1, 0.15) is 13.8 Å². The molecule has 0 saturated carbocycles. The largest absolute Gasteiger partial charge is 0.349 e. The molecule has 0 fully saturated rings. The highest BCUT2D eigenvalue weighted by atomic mass is 35.5. The zero-order chi connectivity index (χ0) is 11.8. The summed E-state index contributed by atoms with van der Waals surface area (Å²) < 4.78 is 0. The van der Waals surface area contributed by atoms with Gasteiger partial charge in [-0.2, -0.15) is 0 Å². The summed E-state index contributed by atoms with van der Waals surface area (Å²) in [5.41, 5.74) is 0. The third-order valence-corrected chi connectivity index (χ3v) is 5.15. The first-order valence-corrected chi connectivity index (χ1v) is 7.63. The third-order valence-electron chi connectivity index (χ3n) is 1.68. The fourth-order valence-electron chi connectivity index (χ4n) is 1.18. The van der Waals surface area contributed by atoms with E-state index in [2.05, 4.69) is 11.9 Å². The van der Waals surface area contributed by atoms with Crippen LogP contribution in [0.15, 0.2) is 12.7 Å². The molecule has 15 heavy (non-hydrogen) atoms. The van der Waals surface area contributed by atoms with Crippen LogP contribution in [0.4, 0.5) is 0 Å². The van der Waals surface area contributed by atoms with Crippen molar-refractivity contribution >= 4 is 37.0 Å². The fourth-order valence-corrected chi connectivity index (χ4v) is 4.56. The standard InChI is InChI=1S/C10H18Cl2NOP/c1-4-10(14)13-7-15(5-8(2)11)6-9(3)12/h4,8-9H,1,5-7H2,2-3H3,(H,13,14). The number of alkyl halides is 2. The van der Waals surface area contributed by atoms with Crippen LogP contribution in [0.25, 0.3) is 0 Å². The zero-order valence-corrected chi connectivity index (χ0v) is 11.6. The minimum atomic E-state index is -0.321. The second kappa shape index (κ2) is 8.38. The van der Waals surface area contributed by atoms with Crippen molar-refractivity contribution in [3.05, 3.63) is 12.7 Å². The van der Waals surface area contributed by atoms with Gasteiger partial charge in [0.05, 0.1) is 0 Å². The van der Waals surface area contributed by atoms with Gasteiger partial charge in [0.2, 0.25) is 5.91 Å². The van der Waals surface area contributed by atoms with Crippen LogP contribution in [0.3, 0.4) is 0 Å². The lowest BCUT2D eigenvalue weighted by molar-refractivity contribution is -0.116. The summed E-state index contributed by atoms with van der Waals surface area (Å²) in [6.45, 7) is 7.33. The van der Waals surface area contributed by atoms with E-state index in [1.54, 1.807) is 0 Å². The van der Waals surface area contributed by atoms with Gasteiger partial charge in [-0.05, 0) is 32.2 Å². The molecule has 0 aromatic rings. The van der Waals surface area contributed by atoms with E-state index in [0.717, 1.165) is 12.3 Å². The van der Waals surface area contributed by atoms with Gasteiger partial charge in [-0.3, -0.25) is 4.79 Å². The molecule has 0 rings (SSSR count). The Hall–Kier alpha value is 0.220. The number of carbonyl (C=O) groups is 1. The Morgan fingerprint density at radius 1 is 1.40 bits per heavy atom. The highest BCUT2D eigenvalue weighted by Crippen LogP contribution is 2.37. The normalized spacial score (nSPS) is 16.5. The summed E-state index contributed by atoms with van der Waals surface area (Å²) in [6.07, 6.45) is 3.80. The number of amides is 1. The van der Waals surface area contributed by atoms with Crippen LogP contribution in [-0.4, -0.2) is 35.3 Å². The molecule has 2 nitrogen and oxygen atoms in total. The Kier molecular flexibility index (Phi) is 8.50. The highest BCUT2D eigenvalue weighted by molar-refractivity contribution is 7.57. The maximum atomic E-state index is 11.0. The van der Waals surface area contributed by atoms with E-state index in [1.165, 1.54) is 6.08 Å². The van der Waals surface area contributed by atoms with E-state index in [4.69, 9.17) is 23.2 Å². The molecule has 0 aromatic heterocycles. The van der Waals surface area contributed by atoms with Crippen molar-refractivity contribution in [3.63, 3.8) is 0 Å². The first-order chi connectivity index (χ1) is 6.95. The van der Waals surface area contributed by atoms with Crippen molar-refractivity contribution in [3.8, 4) is 0 Å². The van der Waals surface area contributed by atoms with Crippen molar-refractivity contribution in [2.45, 2.75) is 24.6 Å². The van der Waals surface area contributed by atoms with Crippen molar-refractivity contribution in [2.75, 3.05) is 18.6 Å². The lowest BCUT2D eigenvalue weighted by Crippen LogP contribution is -2.24. The van der Waals surface area contributed by atoms with Crippen LogP contribution in [-0.2, 0) is 4.79 Å². The average Bonchev–Trinajstić information content (AvgIpc) is 2.11. The second-order valence-electron chi connectivity index (χ2n) is 3.50. The molecule has 2 atom stereocenters. The first-order valence-electron chi connectivity index (χ1n) is 4.86. The van der Waals surface area contributed by atoms with Crippen LogP contribution in [0.5, 0.6) is 0 Å². The predicted molar refractivity (Wildman–Crippen MR) is 70.5 cm³/mol. The summed E-state index contributed by atoms with van der Waals surface area (Å²) in [6, 6.07) is 0. The van der Waals surface area contributed by atoms with Gasteiger partial charge in [-0.15, -0.1) is 23.2 Å². The van der Waals surface area contributed by atoms with Crippen LogP contribution in [0.2, 0.25) is 0 Å². The summed E-state index contributed by atoms with van der Waals surface area (Å²) in [5, 5.41) is 3.06. The van der Waals surface area contributed by atoms with Gasteiger partial charge in [0, 0.05) is 17.0 Å². The molecule has 0 heterocycles. The van der Waals surface area contributed by atoms with Gasteiger partial charge < -0.3 is 5.32 Å². The number of carbonyl (C=O) groups excluding carboxylic acids is 1. The molecule has 5 heteroatoms. The van der Waals surface area contributed by atoms with E-state index < -0.39 is 0 Å². The summed E-state index contributed by atoms with van der Waals surface area (Å²) >= 11 is 11.9. The monoisotopic (exact) mass is 269 g/mol. The molecule has 0 spiro atoms. The molecule has 0 aliphatic carbocycles. The third kappa shape index (κ3) is 9.17. The molecule has 0 aliphatic heterocycles.